The van der Waals surface area contributed by atoms with Crippen LogP contribution in [-0.2, 0) is 20.2 Å². The lowest BCUT2D eigenvalue weighted by Gasteiger charge is -2.08. The fourth-order valence-electron chi connectivity index (χ4n) is 1.67. The first-order chi connectivity index (χ1) is 8.60. The van der Waals surface area contributed by atoms with E-state index < -0.39 is 30.0 Å². The molecule has 9 heteroatoms. The van der Waals surface area contributed by atoms with E-state index in [9.17, 15) is 16.8 Å². The van der Waals surface area contributed by atoms with Crippen LogP contribution in [0.2, 0.25) is 0 Å². The van der Waals surface area contributed by atoms with Gasteiger partial charge in [0.25, 0.3) is 20.2 Å². The fourth-order valence-corrected chi connectivity index (χ4v) is 3.28. The van der Waals surface area contributed by atoms with Gasteiger partial charge in [0.2, 0.25) is 0 Å². The molecular weight excluding hydrogens is 312 g/mol. The predicted octanol–water partition coefficient (Wildman–Crippen LogP) is 1.62. The summed E-state index contributed by atoms with van der Waals surface area (Å²) in [5, 5.41) is 0.302. The van der Waals surface area contributed by atoms with Gasteiger partial charge in [-0.25, -0.2) is 0 Å². The van der Waals surface area contributed by atoms with Crippen LogP contribution in [0.15, 0.2) is 45.0 Å². The van der Waals surface area contributed by atoms with Gasteiger partial charge in [-0.2, -0.15) is 16.8 Å². The van der Waals surface area contributed by atoms with Crippen molar-refractivity contribution in [2.75, 3.05) is 0 Å². The maximum atomic E-state index is 11.3. The molecule has 0 heterocycles. The molecule has 6 nitrogen and oxygen atoms in total. The molecule has 0 aromatic heterocycles. The average molecular weight is 320 g/mol. The maximum Gasteiger partial charge on any atom is 0.295 e. The van der Waals surface area contributed by atoms with E-state index in [1.807, 2.05) is 0 Å². The molecule has 0 radical (unpaired) electrons. The van der Waals surface area contributed by atoms with E-state index >= 15 is 0 Å². The second-order valence-corrected chi connectivity index (χ2v) is 7.04. The van der Waals surface area contributed by atoms with Gasteiger partial charge in [-0.1, -0.05) is 12.1 Å². The smallest absolute Gasteiger partial charge is 0.282 e. The van der Waals surface area contributed by atoms with E-state index in [1.165, 1.54) is 18.2 Å². The van der Waals surface area contributed by atoms with Crippen molar-refractivity contribution < 1.29 is 25.9 Å². The second-order valence-electron chi connectivity index (χ2n) is 3.74. The molecule has 102 valence electrons. The Morgan fingerprint density at radius 3 is 2.05 bits per heavy atom. The second kappa shape index (κ2) is 4.46. The Labute approximate surface area is 115 Å². The molecule has 0 atom stereocenters. The van der Waals surface area contributed by atoms with E-state index in [-0.39, 0.29) is 10.8 Å². The predicted molar refractivity (Wildman–Crippen MR) is 70.8 cm³/mol. The lowest BCUT2D eigenvalue weighted by Crippen LogP contribution is -2.04. The van der Waals surface area contributed by atoms with Crippen LogP contribution in [0.4, 0.5) is 0 Å². The fraction of sp³-hybridized carbons (Fsp3) is 0. The highest BCUT2D eigenvalue weighted by molar-refractivity contribution is 7.86. The highest BCUT2D eigenvalue weighted by atomic mass is 32.2. The Kier molecular flexibility index (Phi) is 3.35. The summed E-state index contributed by atoms with van der Waals surface area (Å²) < 4.78 is 63.0. The lowest BCUT2D eigenvalue weighted by atomic mass is 10.1. The van der Waals surface area contributed by atoms with Crippen molar-refractivity contribution in [2.24, 2.45) is 0 Å². The number of thiol groups is 1. The quantitative estimate of drug-likeness (QED) is 0.573. The van der Waals surface area contributed by atoms with Gasteiger partial charge in [-0.3, -0.25) is 9.11 Å². The zero-order valence-electron chi connectivity index (χ0n) is 9.18. The van der Waals surface area contributed by atoms with Gasteiger partial charge in [0.05, 0.1) is 4.90 Å². The monoisotopic (exact) mass is 320 g/mol. The summed E-state index contributed by atoms with van der Waals surface area (Å²) in [6, 6.07) is 6.20. The van der Waals surface area contributed by atoms with Crippen molar-refractivity contribution in [1.82, 2.24) is 0 Å². The summed E-state index contributed by atoms with van der Waals surface area (Å²) >= 11 is 4.08. The van der Waals surface area contributed by atoms with Gasteiger partial charge in [0.1, 0.15) is 4.90 Å². The Morgan fingerprint density at radius 1 is 0.895 bits per heavy atom. The minimum absolute atomic E-state index is 0.113. The van der Waals surface area contributed by atoms with Crippen molar-refractivity contribution in [3.63, 3.8) is 0 Å². The number of hydrogen-bond donors (Lipinski definition) is 3. The molecule has 0 fully saturated rings. The van der Waals surface area contributed by atoms with Crippen LogP contribution >= 0.6 is 12.6 Å². The summed E-state index contributed by atoms with van der Waals surface area (Å²) in [7, 11) is -9.24. The summed E-state index contributed by atoms with van der Waals surface area (Å²) in [6.07, 6.45) is 0. The van der Waals surface area contributed by atoms with Crippen LogP contribution in [0, 0.1) is 0 Å². The van der Waals surface area contributed by atoms with Gasteiger partial charge in [-0.15, -0.1) is 12.6 Å². The third kappa shape index (κ3) is 2.74. The lowest BCUT2D eigenvalue weighted by molar-refractivity contribution is 0.482. The van der Waals surface area contributed by atoms with Gasteiger partial charge < -0.3 is 0 Å². The van der Waals surface area contributed by atoms with Crippen molar-refractivity contribution in [2.45, 2.75) is 14.7 Å². The maximum absolute atomic E-state index is 11.3. The number of rotatable bonds is 2. The van der Waals surface area contributed by atoms with Gasteiger partial charge in [-0.05, 0) is 23.6 Å². The van der Waals surface area contributed by atoms with E-state index in [0.717, 1.165) is 6.07 Å². The van der Waals surface area contributed by atoms with Gasteiger partial charge >= 0.3 is 0 Å². The molecule has 0 bridgehead atoms. The van der Waals surface area contributed by atoms with Crippen molar-refractivity contribution in [3.05, 3.63) is 30.3 Å². The van der Waals surface area contributed by atoms with Crippen LogP contribution in [0.3, 0.4) is 0 Å². The Hall–Kier alpha value is -1.13. The summed E-state index contributed by atoms with van der Waals surface area (Å²) in [5.74, 6) is 0. The Morgan fingerprint density at radius 2 is 1.53 bits per heavy atom. The molecule has 19 heavy (non-hydrogen) atoms. The topological polar surface area (TPSA) is 109 Å². The van der Waals surface area contributed by atoms with E-state index in [0.29, 0.717) is 11.0 Å². The van der Waals surface area contributed by atoms with Crippen LogP contribution < -0.4 is 0 Å². The average Bonchev–Trinajstić information content (AvgIpc) is 2.25. The zero-order chi connectivity index (χ0) is 14.4. The summed E-state index contributed by atoms with van der Waals surface area (Å²) in [5.41, 5.74) is 0. The van der Waals surface area contributed by atoms with Gasteiger partial charge in [0.15, 0.2) is 0 Å². The number of fused-ring (bicyclic) bond motifs is 1. The first-order valence-electron chi connectivity index (χ1n) is 4.81. The molecule has 0 saturated heterocycles. The van der Waals surface area contributed by atoms with E-state index in [2.05, 4.69) is 12.6 Å². The molecule has 0 spiro atoms. The highest BCUT2D eigenvalue weighted by Crippen LogP contribution is 2.30. The minimum Gasteiger partial charge on any atom is -0.282 e. The van der Waals surface area contributed by atoms with Crippen LogP contribution in [-0.4, -0.2) is 25.9 Å². The number of benzene rings is 2. The molecule has 0 aliphatic carbocycles. The Balaban J connectivity index is 3.06. The van der Waals surface area contributed by atoms with Crippen LogP contribution in [0.25, 0.3) is 10.8 Å². The molecule has 0 unspecified atom stereocenters. The molecule has 0 amide bonds. The van der Waals surface area contributed by atoms with E-state index in [4.69, 9.17) is 9.11 Å². The third-order valence-corrected chi connectivity index (χ3v) is 4.60. The molecule has 2 rings (SSSR count). The molecule has 2 N–H and O–H groups in total. The normalized spacial score (nSPS) is 12.8. The molecule has 2 aromatic rings. The standard InChI is InChI=1S/C10H8O6S3/c11-18(12,13)6-4-8-7(2-1-3-9(8)17)10(5-6)19(14,15)16/h1-5,17H,(H,11,12,13)(H,14,15,16). The molecule has 0 saturated carbocycles. The zero-order valence-corrected chi connectivity index (χ0v) is 11.7. The number of hydrogen-bond acceptors (Lipinski definition) is 5. The highest BCUT2D eigenvalue weighted by Gasteiger charge is 2.20. The SMILES string of the molecule is O=S(=O)(O)c1cc(S(=O)(=O)O)c2cccc(S)c2c1. The van der Waals surface area contributed by atoms with Crippen LogP contribution in [0.1, 0.15) is 0 Å². The molecular formula is C10H8O6S3. The third-order valence-electron chi connectivity index (χ3n) is 2.48. The largest absolute Gasteiger partial charge is 0.295 e. The Bertz CT molecular complexity index is 868. The van der Waals surface area contributed by atoms with E-state index in [1.54, 1.807) is 0 Å². The van der Waals surface area contributed by atoms with Crippen molar-refractivity contribution in [3.8, 4) is 0 Å². The summed E-state index contributed by atoms with van der Waals surface area (Å²) in [4.78, 5) is -0.921. The van der Waals surface area contributed by atoms with Crippen LogP contribution in [0.5, 0.6) is 0 Å². The van der Waals surface area contributed by atoms with Gasteiger partial charge in [0, 0.05) is 10.3 Å². The van der Waals surface area contributed by atoms with Crippen molar-refractivity contribution in [1.29, 1.82) is 0 Å². The molecule has 2 aromatic carbocycles. The molecule has 0 aliphatic heterocycles. The summed E-state index contributed by atoms with van der Waals surface area (Å²) in [6.45, 7) is 0. The minimum atomic E-state index is -4.64. The first kappa shape index (κ1) is 14.3. The first-order valence-corrected chi connectivity index (χ1v) is 8.14. The molecule has 0 aliphatic rings. The van der Waals surface area contributed by atoms with Crippen molar-refractivity contribution >= 4 is 43.6 Å².